The first kappa shape index (κ1) is 15.8. The lowest BCUT2D eigenvalue weighted by Gasteiger charge is -2.26. The highest BCUT2D eigenvalue weighted by molar-refractivity contribution is 6.00. The molecule has 0 bridgehead atoms. The first-order valence-electron chi connectivity index (χ1n) is 8.78. The summed E-state index contributed by atoms with van der Waals surface area (Å²) in [7, 11) is 0. The van der Waals surface area contributed by atoms with Crippen molar-refractivity contribution in [1.29, 1.82) is 0 Å². The van der Waals surface area contributed by atoms with E-state index < -0.39 is 0 Å². The van der Waals surface area contributed by atoms with Gasteiger partial charge in [-0.1, -0.05) is 48.9 Å². The number of benzene rings is 2. The third-order valence-corrected chi connectivity index (χ3v) is 4.79. The molecule has 2 aromatic carbocycles. The molecule has 1 atom stereocenters. The van der Waals surface area contributed by atoms with Gasteiger partial charge >= 0.3 is 0 Å². The van der Waals surface area contributed by atoms with Gasteiger partial charge in [0, 0.05) is 11.9 Å². The quantitative estimate of drug-likeness (QED) is 0.782. The lowest BCUT2D eigenvalue weighted by Crippen LogP contribution is -2.31. The fourth-order valence-electron chi connectivity index (χ4n) is 3.49. The van der Waals surface area contributed by atoms with Gasteiger partial charge in [0.2, 0.25) is 0 Å². The maximum Gasteiger partial charge on any atom is 0.268 e. The SMILES string of the molecule is CC[C@H]1Cn2c(C(=O)NCc3cccc(C)c3)cc3cccc(c32)O1. The first-order chi connectivity index (χ1) is 12.2. The second-order valence-corrected chi connectivity index (χ2v) is 6.65. The Labute approximate surface area is 147 Å². The third kappa shape index (κ3) is 2.88. The van der Waals surface area contributed by atoms with E-state index in [0.29, 0.717) is 18.8 Å². The predicted molar refractivity (Wildman–Crippen MR) is 99.0 cm³/mol. The number of nitrogens with zero attached hydrogens (tertiary/aromatic N) is 1. The maximum atomic E-state index is 12.8. The Balaban J connectivity index is 1.63. The molecule has 1 amide bonds. The van der Waals surface area contributed by atoms with Crippen LogP contribution in [0.1, 0.15) is 35.0 Å². The van der Waals surface area contributed by atoms with Gasteiger partial charge in [0.1, 0.15) is 17.5 Å². The number of aromatic nitrogens is 1. The molecule has 3 aromatic rings. The van der Waals surface area contributed by atoms with Crippen LogP contribution in [0.15, 0.2) is 48.5 Å². The first-order valence-corrected chi connectivity index (χ1v) is 8.78. The summed E-state index contributed by atoms with van der Waals surface area (Å²) in [6.45, 7) is 5.41. The normalized spacial score (nSPS) is 15.8. The summed E-state index contributed by atoms with van der Waals surface area (Å²) in [6, 6.07) is 16.2. The lowest BCUT2D eigenvalue weighted by molar-refractivity contribution is 0.0935. The minimum absolute atomic E-state index is 0.0413. The highest BCUT2D eigenvalue weighted by atomic mass is 16.5. The Hall–Kier alpha value is -2.75. The van der Waals surface area contributed by atoms with Crippen LogP contribution in [-0.2, 0) is 13.1 Å². The molecule has 0 spiro atoms. The molecule has 1 N–H and O–H groups in total. The number of amides is 1. The van der Waals surface area contributed by atoms with E-state index in [9.17, 15) is 4.79 Å². The molecule has 1 aliphatic rings. The molecule has 0 unspecified atom stereocenters. The zero-order valence-electron chi connectivity index (χ0n) is 14.6. The zero-order chi connectivity index (χ0) is 17.4. The highest BCUT2D eigenvalue weighted by Gasteiger charge is 2.25. The molecule has 4 nitrogen and oxygen atoms in total. The molecule has 1 aromatic heterocycles. The summed E-state index contributed by atoms with van der Waals surface area (Å²) in [5, 5.41) is 4.10. The van der Waals surface area contributed by atoms with Crippen LogP contribution in [-0.4, -0.2) is 16.6 Å². The molecule has 4 heteroatoms. The number of hydrogen-bond donors (Lipinski definition) is 1. The molecule has 2 heterocycles. The molecule has 0 fully saturated rings. The van der Waals surface area contributed by atoms with Crippen molar-refractivity contribution in [2.45, 2.75) is 39.5 Å². The van der Waals surface area contributed by atoms with Crippen molar-refractivity contribution >= 4 is 16.8 Å². The summed E-state index contributed by atoms with van der Waals surface area (Å²) in [5.41, 5.74) is 4.03. The summed E-state index contributed by atoms with van der Waals surface area (Å²) < 4.78 is 8.14. The predicted octanol–water partition coefficient (Wildman–Crippen LogP) is 4.05. The van der Waals surface area contributed by atoms with Crippen LogP contribution in [0, 0.1) is 6.92 Å². The van der Waals surface area contributed by atoms with Gasteiger partial charge < -0.3 is 14.6 Å². The summed E-state index contributed by atoms with van der Waals surface area (Å²) in [6.07, 6.45) is 1.02. The summed E-state index contributed by atoms with van der Waals surface area (Å²) >= 11 is 0. The number of carbonyl (C=O) groups excluding carboxylic acids is 1. The van der Waals surface area contributed by atoms with E-state index in [1.165, 1.54) is 5.56 Å². The zero-order valence-corrected chi connectivity index (χ0v) is 14.6. The summed E-state index contributed by atoms with van der Waals surface area (Å²) in [4.78, 5) is 12.8. The number of aryl methyl sites for hydroxylation is 1. The molecule has 128 valence electrons. The summed E-state index contributed by atoms with van der Waals surface area (Å²) in [5.74, 6) is 0.828. The van der Waals surface area contributed by atoms with E-state index in [-0.39, 0.29) is 12.0 Å². The number of rotatable bonds is 4. The van der Waals surface area contributed by atoms with Gasteiger partial charge in [0.25, 0.3) is 5.91 Å². The van der Waals surface area contributed by atoms with Crippen molar-refractivity contribution in [3.63, 3.8) is 0 Å². The second kappa shape index (κ2) is 6.28. The Kier molecular flexibility index (Phi) is 3.96. The van der Waals surface area contributed by atoms with E-state index in [1.807, 2.05) is 36.4 Å². The van der Waals surface area contributed by atoms with Crippen molar-refractivity contribution in [1.82, 2.24) is 9.88 Å². The molecule has 4 rings (SSSR count). The Morgan fingerprint density at radius 3 is 2.88 bits per heavy atom. The largest absolute Gasteiger partial charge is 0.486 e. The Morgan fingerprint density at radius 1 is 1.24 bits per heavy atom. The molecule has 25 heavy (non-hydrogen) atoms. The minimum Gasteiger partial charge on any atom is -0.486 e. The topological polar surface area (TPSA) is 43.3 Å². The maximum absolute atomic E-state index is 12.8. The molecular weight excluding hydrogens is 312 g/mol. The molecule has 0 radical (unpaired) electrons. The fourth-order valence-corrected chi connectivity index (χ4v) is 3.49. The highest BCUT2D eigenvalue weighted by Crippen LogP contribution is 2.34. The van der Waals surface area contributed by atoms with Crippen LogP contribution < -0.4 is 10.1 Å². The minimum atomic E-state index is -0.0413. The number of ether oxygens (including phenoxy) is 1. The van der Waals surface area contributed by atoms with Gasteiger partial charge in [0.05, 0.1) is 12.1 Å². The monoisotopic (exact) mass is 334 g/mol. The average molecular weight is 334 g/mol. The van der Waals surface area contributed by atoms with Crippen LogP contribution in [0.25, 0.3) is 10.9 Å². The molecule has 1 aliphatic heterocycles. The average Bonchev–Trinajstić information content (AvgIpc) is 3.00. The Morgan fingerprint density at radius 2 is 2.08 bits per heavy atom. The second-order valence-electron chi connectivity index (χ2n) is 6.65. The van der Waals surface area contributed by atoms with Gasteiger partial charge in [0.15, 0.2) is 0 Å². The van der Waals surface area contributed by atoms with E-state index >= 15 is 0 Å². The lowest BCUT2D eigenvalue weighted by atomic mass is 10.1. The van der Waals surface area contributed by atoms with Gasteiger partial charge in [-0.2, -0.15) is 0 Å². The fraction of sp³-hybridized carbons (Fsp3) is 0.286. The third-order valence-electron chi connectivity index (χ3n) is 4.79. The number of para-hydroxylation sites is 1. The van der Waals surface area contributed by atoms with Crippen LogP contribution in [0.5, 0.6) is 5.75 Å². The van der Waals surface area contributed by atoms with E-state index in [0.717, 1.165) is 28.6 Å². The standard InChI is InChI=1S/C21H22N2O2/c1-3-17-13-23-18(11-16-8-5-9-19(25-17)20(16)23)21(24)22-12-15-7-4-6-14(2)10-15/h4-11,17H,3,12-13H2,1-2H3,(H,22,24)/t17-/m0/s1. The van der Waals surface area contributed by atoms with E-state index in [4.69, 9.17) is 4.74 Å². The van der Waals surface area contributed by atoms with Crippen molar-refractivity contribution < 1.29 is 9.53 Å². The van der Waals surface area contributed by atoms with Crippen LogP contribution in [0.2, 0.25) is 0 Å². The van der Waals surface area contributed by atoms with Crippen LogP contribution >= 0.6 is 0 Å². The molecule has 0 saturated heterocycles. The van der Waals surface area contributed by atoms with Crippen molar-refractivity contribution in [2.75, 3.05) is 0 Å². The van der Waals surface area contributed by atoms with E-state index in [2.05, 4.69) is 35.9 Å². The molecule has 0 aliphatic carbocycles. The van der Waals surface area contributed by atoms with Crippen molar-refractivity contribution in [3.05, 3.63) is 65.4 Å². The van der Waals surface area contributed by atoms with Crippen molar-refractivity contribution in [2.24, 2.45) is 0 Å². The van der Waals surface area contributed by atoms with Crippen molar-refractivity contribution in [3.8, 4) is 5.75 Å². The van der Waals surface area contributed by atoms with Gasteiger partial charge in [-0.15, -0.1) is 0 Å². The van der Waals surface area contributed by atoms with Crippen LogP contribution in [0.3, 0.4) is 0 Å². The van der Waals surface area contributed by atoms with E-state index in [1.54, 1.807) is 0 Å². The number of nitrogens with one attached hydrogen (secondary N) is 1. The van der Waals surface area contributed by atoms with Gasteiger partial charge in [-0.25, -0.2) is 0 Å². The Bertz CT molecular complexity index is 942. The molecule has 0 saturated carbocycles. The van der Waals surface area contributed by atoms with Gasteiger partial charge in [-0.05, 0) is 31.0 Å². The molecular formula is C21H22N2O2. The number of carbonyl (C=O) groups is 1. The van der Waals surface area contributed by atoms with Gasteiger partial charge in [-0.3, -0.25) is 4.79 Å². The van der Waals surface area contributed by atoms with Crippen LogP contribution in [0.4, 0.5) is 0 Å². The smallest absolute Gasteiger partial charge is 0.268 e. The number of hydrogen-bond acceptors (Lipinski definition) is 2.